The van der Waals surface area contributed by atoms with Gasteiger partial charge in [0.15, 0.2) is 5.69 Å². The highest BCUT2D eigenvalue weighted by Crippen LogP contribution is 2.19. The number of aromatic nitrogens is 3. The molecule has 2 heterocycles. The Kier molecular flexibility index (Phi) is 2.90. The van der Waals surface area contributed by atoms with Gasteiger partial charge < -0.3 is 14.9 Å². The summed E-state index contributed by atoms with van der Waals surface area (Å²) in [5, 5.41) is 22.6. The lowest BCUT2D eigenvalue weighted by Crippen LogP contribution is -2.16. The minimum atomic E-state index is -1.26. The van der Waals surface area contributed by atoms with E-state index in [0.29, 0.717) is 5.69 Å². The summed E-state index contributed by atoms with van der Waals surface area (Å²) >= 11 is 0. The molecule has 2 aromatic heterocycles. The maximum atomic E-state index is 12.1. The second-order valence-electron chi connectivity index (χ2n) is 4.39. The number of fused-ring (bicyclic) bond motifs is 1. The maximum absolute atomic E-state index is 12.1. The molecule has 21 heavy (non-hydrogen) atoms. The number of amides is 1. The monoisotopic (exact) mass is 286 g/mol. The van der Waals surface area contributed by atoms with Gasteiger partial charge >= 0.3 is 5.97 Å². The van der Waals surface area contributed by atoms with Crippen molar-refractivity contribution in [3.8, 4) is 0 Å². The molecule has 3 aromatic rings. The number of anilines is 1. The number of nitrogens with zero attached hydrogens (tertiary/aromatic N) is 2. The summed E-state index contributed by atoms with van der Waals surface area (Å²) in [7, 11) is 0. The Hall–Kier alpha value is -3.16. The molecule has 3 N–H and O–H groups in total. The number of aryl methyl sites for hydroxylation is 1. The van der Waals surface area contributed by atoms with E-state index < -0.39 is 11.9 Å². The van der Waals surface area contributed by atoms with Gasteiger partial charge in [-0.15, -0.1) is 0 Å². The molecule has 0 aliphatic carbocycles. The maximum Gasteiger partial charge on any atom is 0.341 e. The van der Waals surface area contributed by atoms with Crippen LogP contribution in [0.5, 0.6) is 0 Å². The van der Waals surface area contributed by atoms with Gasteiger partial charge in [-0.3, -0.25) is 9.89 Å². The number of carboxylic acids is 1. The van der Waals surface area contributed by atoms with Crippen LogP contribution in [-0.4, -0.2) is 32.3 Å². The molecule has 0 radical (unpaired) electrons. The Balaban J connectivity index is 1.91. The molecule has 0 fully saturated rings. The number of carbonyl (C=O) groups excluding carboxylic acids is 1. The Morgan fingerprint density at radius 2 is 2.19 bits per heavy atom. The van der Waals surface area contributed by atoms with Crippen LogP contribution in [0.1, 0.15) is 26.6 Å². The van der Waals surface area contributed by atoms with E-state index in [4.69, 9.17) is 9.63 Å². The van der Waals surface area contributed by atoms with Crippen molar-refractivity contribution in [2.45, 2.75) is 6.92 Å². The fourth-order valence-electron chi connectivity index (χ4n) is 1.99. The molecule has 0 spiro atoms. The molecule has 0 unspecified atom stereocenters. The minimum Gasteiger partial charge on any atom is -0.477 e. The van der Waals surface area contributed by atoms with Crippen LogP contribution in [0.25, 0.3) is 10.9 Å². The van der Waals surface area contributed by atoms with Gasteiger partial charge in [0.2, 0.25) is 0 Å². The normalized spacial score (nSPS) is 10.7. The Bertz CT molecular complexity index is 849. The van der Waals surface area contributed by atoms with Crippen LogP contribution >= 0.6 is 0 Å². The third-order valence-corrected chi connectivity index (χ3v) is 2.99. The van der Waals surface area contributed by atoms with Crippen molar-refractivity contribution in [2.75, 3.05) is 5.32 Å². The zero-order chi connectivity index (χ0) is 15.0. The summed E-state index contributed by atoms with van der Waals surface area (Å²) in [4.78, 5) is 23.2. The summed E-state index contributed by atoms with van der Waals surface area (Å²) in [6.45, 7) is 1.44. The number of aromatic carboxylic acids is 1. The Labute approximate surface area is 117 Å². The van der Waals surface area contributed by atoms with E-state index in [1.54, 1.807) is 24.4 Å². The summed E-state index contributed by atoms with van der Waals surface area (Å²) in [5.74, 6) is -1.82. The number of benzene rings is 1. The third-order valence-electron chi connectivity index (χ3n) is 2.99. The number of hydrogen-bond acceptors (Lipinski definition) is 5. The summed E-state index contributed by atoms with van der Waals surface area (Å²) in [6, 6.07) is 5.14. The highest BCUT2D eigenvalue weighted by Gasteiger charge is 2.25. The predicted octanol–water partition coefficient (Wildman–Crippen LogP) is 1.81. The number of rotatable bonds is 3. The van der Waals surface area contributed by atoms with Gasteiger partial charge in [-0.1, -0.05) is 5.16 Å². The van der Waals surface area contributed by atoms with Crippen molar-refractivity contribution in [3.05, 3.63) is 41.4 Å². The zero-order valence-electron chi connectivity index (χ0n) is 10.9. The molecule has 8 heteroatoms. The first-order chi connectivity index (χ1) is 10.1. The third kappa shape index (κ3) is 2.22. The molecule has 1 aromatic carbocycles. The molecule has 0 bridgehead atoms. The second kappa shape index (κ2) is 4.75. The molecule has 0 atom stereocenters. The van der Waals surface area contributed by atoms with E-state index in [0.717, 1.165) is 10.9 Å². The fraction of sp³-hybridized carbons (Fsp3) is 0.0769. The quantitative estimate of drug-likeness (QED) is 0.675. The van der Waals surface area contributed by atoms with E-state index in [2.05, 4.69) is 20.7 Å². The molecule has 3 rings (SSSR count). The van der Waals surface area contributed by atoms with Gasteiger partial charge in [-0.25, -0.2) is 4.79 Å². The number of carboxylic acid groups (broad SMARTS) is 1. The molecular formula is C13H10N4O4. The van der Waals surface area contributed by atoms with E-state index in [-0.39, 0.29) is 17.0 Å². The van der Waals surface area contributed by atoms with Crippen molar-refractivity contribution < 1.29 is 19.2 Å². The van der Waals surface area contributed by atoms with Crippen LogP contribution in [0.4, 0.5) is 5.69 Å². The van der Waals surface area contributed by atoms with Crippen LogP contribution in [-0.2, 0) is 0 Å². The van der Waals surface area contributed by atoms with E-state index in [1.165, 1.54) is 6.92 Å². The van der Waals surface area contributed by atoms with Gasteiger partial charge in [0, 0.05) is 11.1 Å². The first-order valence-electron chi connectivity index (χ1n) is 6.00. The van der Waals surface area contributed by atoms with Crippen molar-refractivity contribution in [2.24, 2.45) is 0 Å². The van der Waals surface area contributed by atoms with Crippen molar-refractivity contribution in [3.63, 3.8) is 0 Å². The smallest absolute Gasteiger partial charge is 0.341 e. The van der Waals surface area contributed by atoms with Crippen LogP contribution in [0.2, 0.25) is 0 Å². The molecule has 0 saturated heterocycles. The van der Waals surface area contributed by atoms with Crippen molar-refractivity contribution >= 4 is 28.5 Å². The molecule has 0 aliphatic rings. The van der Waals surface area contributed by atoms with Gasteiger partial charge in [0.05, 0.1) is 11.7 Å². The van der Waals surface area contributed by atoms with Gasteiger partial charge in [-0.2, -0.15) is 5.10 Å². The predicted molar refractivity (Wildman–Crippen MR) is 72.2 cm³/mol. The standard InChI is InChI=1S/C13H10N4O4/c1-6-10(13(19)20)11(17-21-6)12(18)15-8-2-3-9-7(4-8)5-14-16-9/h2-5H,1H3,(H,14,16)(H,15,18)(H,19,20). The average molecular weight is 286 g/mol. The summed E-state index contributed by atoms with van der Waals surface area (Å²) in [6.07, 6.45) is 1.62. The topological polar surface area (TPSA) is 121 Å². The van der Waals surface area contributed by atoms with Crippen LogP contribution in [0, 0.1) is 6.92 Å². The number of aromatic amines is 1. The van der Waals surface area contributed by atoms with Gasteiger partial charge in [0.1, 0.15) is 11.3 Å². The van der Waals surface area contributed by atoms with Crippen LogP contribution in [0.15, 0.2) is 28.9 Å². The lowest BCUT2D eigenvalue weighted by molar-refractivity contribution is 0.0691. The van der Waals surface area contributed by atoms with Gasteiger partial charge in [-0.05, 0) is 25.1 Å². The molecule has 0 aliphatic heterocycles. The molecule has 1 amide bonds. The first-order valence-corrected chi connectivity index (χ1v) is 6.00. The molecule has 0 saturated carbocycles. The largest absolute Gasteiger partial charge is 0.477 e. The second-order valence-corrected chi connectivity index (χ2v) is 4.39. The van der Waals surface area contributed by atoms with Crippen molar-refractivity contribution in [1.29, 1.82) is 0 Å². The number of carbonyl (C=O) groups is 2. The summed E-state index contributed by atoms with van der Waals surface area (Å²) < 4.78 is 4.77. The number of nitrogens with one attached hydrogen (secondary N) is 2. The SMILES string of the molecule is Cc1onc(C(=O)Nc2ccc3[nH]ncc3c2)c1C(=O)O. The van der Waals surface area contributed by atoms with E-state index >= 15 is 0 Å². The summed E-state index contributed by atoms with van der Waals surface area (Å²) in [5.41, 5.74) is 0.839. The number of hydrogen-bond donors (Lipinski definition) is 3. The highest BCUT2D eigenvalue weighted by molar-refractivity contribution is 6.10. The Morgan fingerprint density at radius 3 is 2.95 bits per heavy atom. The lowest BCUT2D eigenvalue weighted by atomic mass is 10.2. The fourth-order valence-corrected chi connectivity index (χ4v) is 1.99. The zero-order valence-corrected chi connectivity index (χ0v) is 10.9. The van der Waals surface area contributed by atoms with E-state index in [1.807, 2.05) is 0 Å². The lowest BCUT2D eigenvalue weighted by Gasteiger charge is -2.03. The molecule has 8 nitrogen and oxygen atoms in total. The van der Waals surface area contributed by atoms with Crippen molar-refractivity contribution in [1.82, 2.24) is 15.4 Å². The van der Waals surface area contributed by atoms with Crippen LogP contribution in [0.3, 0.4) is 0 Å². The molecular weight excluding hydrogens is 276 g/mol. The molecule has 106 valence electrons. The number of H-pyrrole nitrogens is 1. The minimum absolute atomic E-state index is 0.0814. The Morgan fingerprint density at radius 1 is 1.38 bits per heavy atom. The van der Waals surface area contributed by atoms with E-state index in [9.17, 15) is 9.59 Å². The first kappa shape index (κ1) is 12.9. The van der Waals surface area contributed by atoms with Crippen LogP contribution < -0.4 is 5.32 Å². The highest BCUT2D eigenvalue weighted by atomic mass is 16.5. The average Bonchev–Trinajstić information content (AvgIpc) is 3.04. The van der Waals surface area contributed by atoms with Gasteiger partial charge in [0.25, 0.3) is 5.91 Å².